The summed E-state index contributed by atoms with van der Waals surface area (Å²) in [5, 5.41) is 7.91. The molecule has 0 saturated carbocycles. The fourth-order valence-corrected chi connectivity index (χ4v) is 3.17. The zero-order valence-electron chi connectivity index (χ0n) is 18.2. The van der Waals surface area contributed by atoms with Crippen LogP contribution in [0.25, 0.3) is 22.6 Å². The number of pyridine rings is 1. The molecule has 160 valence electrons. The minimum Gasteiger partial charge on any atom is -0.443 e. The summed E-state index contributed by atoms with van der Waals surface area (Å²) in [6, 6.07) is 11.6. The Balaban J connectivity index is 1.63. The lowest BCUT2D eigenvalue weighted by atomic mass is 10.2. The fraction of sp³-hybridized carbons (Fsp3) is 0.318. The van der Waals surface area contributed by atoms with Gasteiger partial charge in [-0.15, -0.1) is 0 Å². The van der Waals surface area contributed by atoms with E-state index in [0.717, 1.165) is 16.6 Å². The smallest absolute Gasteiger partial charge is 0.415 e. The second-order valence-electron chi connectivity index (χ2n) is 8.27. The molecule has 0 spiro atoms. The van der Waals surface area contributed by atoms with Crippen LogP contribution in [-0.2, 0) is 11.3 Å². The highest BCUT2D eigenvalue weighted by Crippen LogP contribution is 2.26. The van der Waals surface area contributed by atoms with E-state index < -0.39 is 11.7 Å². The average Bonchev–Trinajstić information content (AvgIpc) is 3.30. The number of nitrogens with zero attached hydrogens (tertiary/aromatic N) is 6. The van der Waals surface area contributed by atoms with Crippen molar-refractivity contribution in [1.82, 2.24) is 24.8 Å². The number of benzene rings is 1. The molecule has 1 aromatic carbocycles. The molecule has 0 radical (unpaired) electrons. The molecule has 0 bridgehead atoms. The third kappa shape index (κ3) is 4.25. The first-order valence-electron chi connectivity index (χ1n) is 9.89. The Morgan fingerprint density at radius 1 is 1.16 bits per heavy atom. The summed E-state index contributed by atoms with van der Waals surface area (Å²) in [7, 11) is 1.64. The van der Waals surface area contributed by atoms with Crippen molar-refractivity contribution in [3.63, 3.8) is 0 Å². The Bertz CT molecular complexity index is 1220. The van der Waals surface area contributed by atoms with Gasteiger partial charge in [0.05, 0.1) is 17.6 Å². The van der Waals surface area contributed by atoms with E-state index in [9.17, 15) is 4.79 Å². The third-order valence-electron chi connectivity index (χ3n) is 4.68. The van der Waals surface area contributed by atoms with Gasteiger partial charge in [-0.25, -0.2) is 19.4 Å². The van der Waals surface area contributed by atoms with Crippen molar-refractivity contribution in [2.75, 3.05) is 11.9 Å². The highest BCUT2D eigenvalue weighted by atomic mass is 16.6. The molecule has 0 saturated heterocycles. The second kappa shape index (κ2) is 7.82. The van der Waals surface area contributed by atoms with Crippen molar-refractivity contribution in [3.8, 4) is 11.5 Å². The molecule has 4 aromatic rings. The van der Waals surface area contributed by atoms with E-state index in [4.69, 9.17) is 14.3 Å². The number of amides is 1. The van der Waals surface area contributed by atoms with E-state index in [1.807, 2.05) is 58.0 Å². The summed E-state index contributed by atoms with van der Waals surface area (Å²) in [5.74, 6) is 1.18. The van der Waals surface area contributed by atoms with Crippen molar-refractivity contribution in [3.05, 3.63) is 53.9 Å². The van der Waals surface area contributed by atoms with E-state index in [-0.39, 0.29) is 0 Å². The molecule has 0 aliphatic carbocycles. The summed E-state index contributed by atoms with van der Waals surface area (Å²) in [6.07, 6.45) is 1.28. The zero-order valence-corrected chi connectivity index (χ0v) is 18.2. The van der Waals surface area contributed by atoms with Crippen LogP contribution < -0.4 is 4.90 Å². The van der Waals surface area contributed by atoms with Crippen LogP contribution in [0.4, 0.5) is 10.6 Å². The summed E-state index contributed by atoms with van der Waals surface area (Å²) in [5.41, 5.74) is 3.47. The van der Waals surface area contributed by atoms with Crippen LogP contribution in [0.5, 0.6) is 0 Å². The molecule has 31 heavy (non-hydrogen) atoms. The quantitative estimate of drug-likeness (QED) is 0.487. The van der Waals surface area contributed by atoms with Crippen LogP contribution in [0.3, 0.4) is 0 Å². The van der Waals surface area contributed by atoms with Gasteiger partial charge < -0.3 is 9.30 Å². The second-order valence-corrected chi connectivity index (χ2v) is 8.27. The first-order valence-corrected chi connectivity index (χ1v) is 9.89. The lowest BCUT2D eigenvalue weighted by Crippen LogP contribution is -2.34. The first kappa shape index (κ1) is 20.5. The van der Waals surface area contributed by atoms with Gasteiger partial charge in [0.25, 0.3) is 0 Å². The standard InChI is InChI=1S/C22H24N6O3/c1-14-19(26-31-25-14)20-24-16-8-6-7-9-17(16)28(20)13-15-10-11-18(23-12-15)27(5)21(29)30-22(2,3)4/h6-12H,13H2,1-5H3. The SMILES string of the molecule is Cc1nonc1-c1nc2ccccc2n1Cc1ccc(N(C)C(=O)OC(C)(C)C)nc1. The number of imidazole rings is 1. The van der Waals surface area contributed by atoms with Gasteiger partial charge in [0, 0.05) is 13.2 Å². The predicted molar refractivity (Wildman–Crippen MR) is 116 cm³/mol. The van der Waals surface area contributed by atoms with Crippen LogP contribution in [-0.4, -0.2) is 43.6 Å². The summed E-state index contributed by atoms with van der Waals surface area (Å²) < 4.78 is 12.3. The molecule has 3 heterocycles. The maximum atomic E-state index is 12.3. The van der Waals surface area contributed by atoms with Gasteiger partial charge in [0.1, 0.15) is 17.1 Å². The average molecular weight is 420 g/mol. The molecule has 9 nitrogen and oxygen atoms in total. The molecule has 0 atom stereocenters. The molecular formula is C22H24N6O3. The van der Waals surface area contributed by atoms with E-state index in [0.29, 0.717) is 29.6 Å². The van der Waals surface area contributed by atoms with Crippen molar-refractivity contribution in [2.45, 2.75) is 39.8 Å². The van der Waals surface area contributed by atoms with E-state index in [1.165, 1.54) is 4.90 Å². The summed E-state index contributed by atoms with van der Waals surface area (Å²) in [6.45, 7) is 7.83. The Hall–Kier alpha value is -3.75. The monoisotopic (exact) mass is 420 g/mol. The molecule has 0 N–H and O–H groups in total. The molecule has 0 unspecified atom stereocenters. The number of hydrogen-bond acceptors (Lipinski definition) is 7. The van der Waals surface area contributed by atoms with Gasteiger partial charge in [-0.2, -0.15) is 0 Å². The van der Waals surface area contributed by atoms with Crippen LogP contribution in [0.15, 0.2) is 47.2 Å². The van der Waals surface area contributed by atoms with Crippen LogP contribution in [0.2, 0.25) is 0 Å². The molecule has 0 aliphatic heterocycles. The summed E-state index contributed by atoms with van der Waals surface area (Å²) >= 11 is 0. The number of aromatic nitrogens is 5. The normalized spacial score (nSPS) is 11.6. The number of rotatable bonds is 4. The summed E-state index contributed by atoms with van der Waals surface area (Å²) in [4.78, 5) is 22.8. The van der Waals surface area contributed by atoms with Crippen LogP contribution >= 0.6 is 0 Å². The van der Waals surface area contributed by atoms with E-state index >= 15 is 0 Å². The molecule has 0 fully saturated rings. The lowest BCUT2D eigenvalue weighted by Gasteiger charge is -2.24. The number of ether oxygens (including phenoxy) is 1. The number of aryl methyl sites for hydroxylation is 1. The largest absolute Gasteiger partial charge is 0.443 e. The number of para-hydroxylation sites is 2. The highest BCUT2D eigenvalue weighted by molar-refractivity contribution is 5.86. The van der Waals surface area contributed by atoms with Crippen molar-refractivity contribution >= 4 is 22.9 Å². The van der Waals surface area contributed by atoms with Gasteiger partial charge in [0.2, 0.25) is 0 Å². The minimum absolute atomic E-state index is 0.454. The fourth-order valence-electron chi connectivity index (χ4n) is 3.17. The van der Waals surface area contributed by atoms with Gasteiger partial charge in [0.15, 0.2) is 11.5 Å². The van der Waals surface area contributed by atoms with E-state index in [1.54, 1.807) is 19.3 Å². The van der Waals surface area contributed by atoms with Gasteiger partial charge in [-0.3, -0.25) is 4.90 Å². The topological polar surface area (TPSA) is 99.2 Å². The first-order chi connectivity index (χ1) is 14.7. The van der Waals surface area contributed by atoms with Crippen LogP contribution in [0.1, 0.15) is 32.0 Å². The zero-order chi connectivity index (χ0) is 22.2. The van der Waals surface area contributed by atoms with Gasteiger partial charge in [-0.05, 0) is 56.6 Å². The van der Waals surface area contributed by atoms with E-state index in [2.05, 4.69) is 19.9 Å². The lowest BCUT2D eigenvalue weighted by molar-refractivity contribution is 0.0588. The Labute approximate surface area is 179 Å². The molecule has 4 rings (SSSR count). The molecule has 1 amide bonds. The Morgan fingerprint density at radius 2 is 1.94 bits per heavy atom. The number of anilines is 1. The van der Waals surface area contributed by atoms with Crippen molar-refractivity contribution in [2.24, 2.45) is 0 Å². The molecule has 0 aliphatic rings. The third-order valence-corrected chi connectivity index (χ3v) is 4.68. The van der Waals surface area contributed by atoms with Crippen LogP contribution in [0, 0.1) is 6.92 Å². The van der Waals surface area contributed by atoms with Crippen molar-refractivity contribution < 1.29 is 14.2 Å². The molecule has 9 heteroatoms. The minimum atomic E-state index is -0.571. The van der Waals surface area contributed by atoms with Crippen molar-refractivity contribution in [1.29, 1.82) is 0 Å². The Kier molecular flexibility index (Phi) is 5.18. The molecule has 3 aromatic heterocycles. The number of fused-ring (bicyclic) bond motifs is 1. The Morgan fingerprint density at radius 3 is 2.58 bits per heavy atom. The maximum Gasteiger partial charge on any atom is 0.415 e. The maximum absolute atomic E-state index is 12.3. The van der Waals surface area contributed by atoms with Gasteiger partial charge >= 0.3 is 6.09 Å². The number of carbonyl (C=O) groups excluding carboxylic acids is 1. The predicted octanol–water partition coefficient (Wildman–Crippen LogP) is 4.21. The van der Waals surface area contributed by atoms with Gasteiger partial charge in [-0.1, -0.05) is 23.4 Å². The number of carbonyl (C=O) groups is 1. The molecular weight excluding hydrogens is 396 g/mol. The number of hydrogen-bond donors (Lipinski definition) is 0. The highest BCUT2D eigenvalue weighted by Gasteiger charge is 2.22.